The molecule has 2 aromatic carbocycles. The smallest absolute Gasteiger partial charge is 0.245 e. The molecule has 3 aromatic rings. The predicted molar refractivity (Wildman–Crippen MR) is 126 cm³/mol. The van der Waals surface area contributed by atoms with Gasteiger partial charge < -0.3 is 24.8 Å². The highest BCUT2D eigenvalue weighted by Gasteiger charge is 2.29. The summed E-state index contributed by atoms with van der Waals surface area (Å²) in [5.41, 5.74) is 3.11. The van der Waals surface area contributed by atoms with Crippen molar-refractivity contribution in [2.45, 2.75) is 26.3 Å². The van der Waals surface area contributed by atoms with Crippen molar-refractivity contribution in [3.05, 3.63) is 60.3 Å². The van der Waals surface area contributed by atoms with Crippen LogP contribution in [0.4, 0.5) is 5.69 Å². The fourth-order valence-electron chi connectivity index (χ4n) is 4.35. The molecule has 1 fully saturated rings. The van der Waals surface area contributed by atoms with Gasteiger partial charge in [-0.15, -0.1) is 0 Å². The average molecular weight is 435 g/mol. The van der Waals surface area contributed by atoms with Gasteiger partial charge in [-0.05, 0) is 30.7 Å². The van der Waals surface area contributed by atoms with Crippen LogP contribution in [0.3, 0.4) is 0 Å². The Morgan fingerprint density at radius 3 is 2.53 bits per heavy atom. The molecule has 1 aromatic heterocycles. The zero-order valence-electron chi connectivity index (χ0n) is 18.6. The van der Waals surface area contributed by atoms with Gasteiger partial charge in [0.2, 0.25) is 11.8 Å². The second kappa shape index (κ2) is 9.77. The van der Waals surface area contributed by atoms with E-state index in [1.165, 1.54) is 6.92 Å². The molecule has 2 amide bonds. The Morgan fingerprint density at radius 1 is 1.06 bits per heavy atom. The first-order valence-electron chi connectivity index (χ1n) is 11.1. The maximum atomic E-state index is 13.4. The quantitative estimate of drug-likeness (QED) is 0.599. The number of nitrogens with zero attached hydrogens (tertiary/aromatic N) is 2. The number of carbonyl (C=O) groups is 2. The van der Waals surface area contributed by atoms with Crippen LogP contribution in [0.5, 0.6) is 5.75 Å². The molecule has 1 aliphatic rings. The van der Waals surface area contributed by atoms with E-state index < -0.39 is 6.04 Å². The van der Waals surface area contributed by atoms with Crippen molar-refractivity contribution in [3.63, 3.8) is 0 Å². The van der Waals surface area contributed by atoms with Crippen LogP contribution in [0.2, 0.25) is 0 Å². The zero-order chi connectivity index (χ0) is 22.5. The van der Waals surface area contributed by atoms with Gasteiger partial charge in [0.1, 0.15) is 11.8 Å². The summed E-state index contributed by atoms with van der Waals surface area (Å²) in [6, 6.07) is 15.4. The Bertz CT molecular complexity index is 1090. The van der Waals surface area contributed by atoms with Crippen LogP contribution in [0.25, 0.3) is 10.9 Å². The van der Waals surface area contributed by atoms with E-state index in [1.54, 1.807) is 0 Å². The van der Waals surface area contributed by atoms with Crippen LogP contribution in [-0.2, 0) is 16.0 Å². The second-order valence-corrected chi connectivity index (χ2v) is 8.03. The van der Waals surface area contributed by atoms with Gasteiger partial charge >= 0.3 is 0 Å². The molecule has 1 saturated heterocycles. The van der Waals surface area contributed by atoms with Gasteiger partial charge in [-0.3, -0.25) is 9.59 Å². The summed E-state index contributed by atoms with van der Waals surface area (Å²) in [4.78, 5) is 32.6. The minimum absolute atomic E-state index is 0.0387. The number of H-pyrrole nitrogens is 1. The van der Waals surface area contributed by atoms with E-state index in [0.29, 0.717) is 26.1 Å². The lowest BCUT2D eigenvalue weighted by Crippen LogP contribution is -2.55. The van der Waals surface area contributed by atoms with Crippen LogP contribution in [0.15, 0.2) is 54.7 Å². The largest absolute Gasteiger partial charge is 0.492 e. The first-order chi connectivity index (χ1) is 15.6. The maximum Gasteiger partial charge on any atom is 0.245 e. The van der Waals surface area contributed by atoms with Gasteiger partial charge in [0.05, 0.1) is 12.3 Å². The van der Waals surface area contributed by atoms with Crippen molar-refractivity contribution in [2.24, 2.45) is 0 Å². The van der Waals surface area contributed by atoms with Crippen LogP contribution >= 0.6 is 0 Å². The van der Waals surface area contributed by atoms with Crippen molar-refractivity contribution in [2.75, 3.05) is 37.7 Å². The molecule has 32 heavy (non-hydrogen) atoms. The van der Waals surface area contributed by atoms with E-state index >= 15 is 0 Å². The summed E-state index contributed by atoms with van der Waals surface area (Å²) in [6.45, 7) is 6.68. The standard InChI is InChI=1S/C25H30N4O3/c1-3-32-24-11-7-6-10-23(24)28-12-14-29(15-13-28)25(31)22(27-18(2)30)16-19-17-26-21-9-5-4-8-20(19)21/h4-11,17,22,26H,3,12-16H2,1-2H3,(H,27,30). The molecule has 0 bridgehead atoms. The van der Waals surface area contributed by atoms with E-state index in [9.17, 15) is 9.59 Å². The Kier molecular flexibility index (Phi) is 6.63. The summed E-state index contributed by atoms with van der Waals surface area (Å²) < 4.78 is 5.77. The minimum atomic E-state index is -0.589. The number of hydrogen-bond acceptors (Lipinski definition) is 4. The number of nitrogens with one attached hydrogen (secondary N) is 2. The number of fused-ring (bicyclic) bond motifs is 1. The summed E-state index contributed by atoms with van der Waals surface area (Å²) in [5, 5.41) is 3.95. The molecule has 168 valence electrons. The monoisotopic (exact) mass is 434 g/mol. The van der Waals surface area contributed by atoms with Gasteiger partial charge in [-0.1, -0.05) is 30.3 Å². The van der Waals surface area contributed by atoms with Crippen LogP contribution in [0, 0.1) is 0 Å². The van der Waals surface area contributed by atoms with E-state index in [4.69, 9.17) is 4.74 Å². The van der Waals surface area contributed by atoms with E-state index in [2.05, 4.69) is 21.3 Å². The van der Waals surface area contributed by atoms with Gasteiger partial charge in [0, 0.05) is 56.6 Å². The van der Waals surface area contributed by atoms with Crippen molar-refractivity contribution < 1.29 is 14.3 Å². The Morgan fingerprint density at radius 2 is 1.78 bits per heavy atom. The number of aromatic nitrogens is 1. The van der Waals surface area contributed by atoms with E-state index in [1.807, 2.05) is 60.5 Å². The number of para-hydroxylation sites is 3. The normalized spacial score (nSPS) is 14.9. The lowest BCUT2D eigenvalue weighted by Gasteiger charge is -2.38. The molecule has 2 heterocycles. The number of carbonyl (C=O) groups excluding carboxylic acids is 2. The highest BCUT2D eigenvalue weighted by atomic mass is 16.5. The molecular formula is C25H30N4O3. The van der Waals surface area contributed by atoms with Gasteiger partial charge in [0.25, 0.3) is 0 Å². The highest BCUT2D eigenvalue weighted by Crippen LogP contribution is 2.29. The van der Waals surface area contributed by atoms with Crippen LogP contribution in [0.1, 0.15) is 19.4 Å². The topological polar surface area (TPSA) is 77.7 Å². The molecule has 1 atom stereocenters. The SMILES string of the molecule is CCOc1ccccc1N1CCN(C(=O)C(Cc2c[nH]c3ccccc23)NC(C)=O)CC1. The predicted octanol–water partition coefficient (Wildman–Crippen LogP) is 2.96. The van der Waals surface area contributed by atoms with Crippen LogP contribution < -0.4 is 15.0 Å². The third kappa shape index (κ3) is 4.72. The number of amides is 2. The lowest BCUT2D eigenvalue weighted by molar-refractivity contribution is -0.136. The van der Waals surface area contributed by atoms with Gasteiger partial charge in [-0.25, -0.2) is 0 Å². The van der Waals surface area contributed by atoms with Crippen LogP contribution in [-0.4, -0.2) is 60.5 Å². The molecule has 1 unspecified atom stereocenters. The second-order valence-electron chi connectivity index (χ2n) is 8.03. The fraction of sp³-hybridized carbons (Fsp3) is 0.360. The van der Waals surface area contributed by atoms with Gasteiger partial charge in [0.15, 0.2) is 0 Å². The van der Waals surface area contributed by atoms with Crippen molar-refractivity contribution in [3.8, 4) is 5.75 Å². The Balaban J connectivity index is 1.45. The molecule has 0 radical (unpaired) electrons. The third-order valence-corrected chi connectivity index (χ3v) is 5.87. The summed E-state index contributed by atoms with van der Waals surface area (Å²) >= 11 is 0. The minimum Gasteiger partial charge on any atom is -0.492 e. The number of anilines is 1. The molecular weight excluding hydrogens is 404 g/mol. The molecule has 7 nitrogen and oxygen atoms in total. The lowest BCUT2D eigenvalue weighted by atomic mass is 10.0. The summed E-state index contributed by atoms with van der Waals surface area (Å²) in [5.74, 6) is 0.626. The number of piperazine rings is 1. The third-order valence-electron chi connectivity index (χ3n) is 5.87. The first-order valence-corrected chi connectivity index (χ1v) is 11.1. The zero-order valence-corrected chi connectivity index (χ0v) is 18.6. The number of benzene rings is 2. The molecule has 0 spiro atoms. The highest BCUT2D eigenvalue weighted by molar-refractivity contribution is 5.89. The molecule has 4 rings (SSSR count). The van der Waals surface area contributed by atoms with Crippen molar-refractivity contribution in [1.82, 2.24) is 15.2 Å². The average Bonchev–Trinajstić information content (AvgIpc) is 3.21. The molecule has 7 heteroatoms. The maximum absolute atomic E-state index is 13.4. The molecule has 0 saturated carbocycles. The first kappa shape index (κ1) is 21.7. The Labute approximate surface area is 188 Å². The molecule has 1 aliphatic heterocycles. The molecule has 2 N–H and O–H groups in total. The number of rotatable bonds is 7. The number of ether oxygens (including phenoxy) is 1. The van der Waals surface area contributed by atoms with E-state index in [-0.39, 0.29) is 11.8 Å². The molecule has 0 aliphatic carbocycles. The number of aromatic amines is 1. The van der Waals surface area contributed by atoms with Crippen molar-refractivity contribution in [1.29, 1.82) is 0 Å². The van der Waals surface area contributed by atoms with E-state index in [0.717, 1.165) is 41.0 Å². The van der Waals surface area contributed by atoms with Crippen molar-refractivity contribution >= 4 is 28.4 Å². The summed E-state index contributed by atoms with van der Waals surface area (Å²) in [7, 11) is 0. The Hall–Kier alpha value is -3.48. The fourth-order valence-corrected chi connectivity index (χ4v) is 4.35. The van der Waals surface area contributed by atoms with Gasteiger partial charge in [-0.2, -0.15) is 0 Å². The summed E-state index contributed by atoms with van der Waals surface area (Å²) in [6.07, 6.45) is 2.38. The number of hydrogen-bond donors (Lipinski definition) is 2.